The van der Waals surface area contributed by atoms with E-state index in [-0.39, 0.29) is 12.1 Å². The Kier molecular flexibility index (Phi) is 6.13. The molecule has 2 aliphatic rings. The Balaban J connectivity index is 1.63. The molecule has 0 amide bonds. The Morgan fingerprint density at radius 1 is 0.875 bits per heavy atom. The molecular formula is C24H28ClN5O2. The fraction of sp³-hybridized carbons (Fsp3) is 0.458. The molecule has 3 aromatic rings. The van der Waals surface area contributed by atoms with Crippen LogP contribution in [0.2, 0.25) is 0 Å². The molecule has 0 N–H and O–H groups in total. The highest BCUT2D eigenvalue weighted by Gasteiger charge is 2.27. The highest BCUT2D eigenvalue weighted by Crippen LogP contribution is 2.31. The minimum Gasteiger partial charge on any atom is -0.377 e. The lowest BCUT2D eigenvalue weighted by Crippen LogP contribution is -2.46. The molecule has 5 rings (SSSR count). The number of ether oxygens (including phenoxy) is 2. The van der Waals surface area contributed by atoms with Gasteiger partial charge in [-0.15, -0.1) is 11.6 Å². The number of fused-ring (bicyclic) bond motifs is 1. The van der Waals surface area contributed by atoms with Crippen molar-refractivity contribution in [2.45, 2.75) is 31.8 Å². The van der Waals surface area contributed by atoms with Gasteiger partial charge in [0.1, 0.15) is 5.82 Å². The first-order valence-electron chi connectivity index (χ1n) is 11.2. The molecule has 2 fully saturated rings. The van der Waals surface area contributed by atoms with Crippen molar-refractivity contribution in [2.24, 2.45) is 0 Å². The molecule has 0 radical (unpaired) electrons. The van der Waals surface area contributed by atoms with Gasteiger partial charge in [0.15, 0.2) is 5.65 Å². The maximum absolute atomic E-state index is 5.95. The van der Waals surface area contributed by atoms with Gasteiger partial charge in [-0.2, -0.15) is 9.97 Å². The second-order valence-electron chi connectivity index (χ2n) is 8.48. The SMILES string of the molecule is CC1COCCN1c1nc(N2CCOC[C@@H]2C)c2ccc(-c3ccc(CCl)cc3)nc2n1. The topological polar surface area (TPSA) is 63.6 Å². The third kappa shape index (κ3) is 4.12. The van der Waals surface area contributed by atoms with Crippen molar-refractivity contribution in [1.29, 1.82) is 0 Å². The Hall–Kier alpha value is -2.48. The summed E-state index contributed by atoms with van der Waals surface area (Å²) in [5, 5.41) is 0.963. The molecule has 0 saturated carbocycles. The van der Waals surface area contributed by atoms with E-state index in [2.05, 4.69) is 41.8 Å². The van der Waals surface area contributed by atoms with Crippen molar-refractivity contribution in [3.63, 3.8) is 0 Å². The van der Waals surface area contributed by atoms with E-state index in [1.54, 1.807) is 0 Å². The second-order valence-corrected chi connectivity index (χ2v) is 8.75. The van der Waals surface area contributed by atoms with E-state index in [1.165, 1.54) is 0 Å². The Bertz CT molecular complexity index is 1090. The largest absolute Gasteiger partial charge is 0.377 e. The number of anilines is 2. The molecule has 2 atom stereocenters. The van der Waals surface area contributed by atoms with Crippen molar-refractivity contribution >= 4 is 34.4 Å². The third-order valence-corrected chi connectivity index (χ3v) is 6.50. The molecule has 32 heavy (non-hydrogen) atoms. The highest BCUT2D eigenvalue weighted by atomic mass is 35.5. The summed E-state index contributed by atoms with van der Waals surface area (Å²) in [6, 6.07) is 12.8. The van der Waals surface area contributed by atoms with Gasteiger partial charge in [-0.25, -0.2) is 4.98 Å². The average molecular weight is 454 g/mol. The minimum absolute atomic E-state index is 0.211. The van der Waals surface area contributed by atoms with Gasteiger partial charge in [0.05, 0.1) is 49.6 Å². The van der Waals surface area contributed by atoms with E-state index < -0.39 is 0 Å². The number of hydrogen-bond donors (Lipinski definition) is 0. The van der Waals surface area contributed by atoms with Crippen molar-refractivity contribution in [3.05, 3.63) is 42.0 Å². The van der Waals surface area contributed by atoms with Crippen molar-refractivity contribution in [2.75, 3.05) is 49.3 Å². The van der Waals surface area contributed by atoms with Crippen molar-refractivity contribution in [3.8, 4) is 11.3 Å². The summed E-state index contributed by atoms with van der Waals surface area (Å²) in [5.74, 6) is 2.14. The lowest BCUT2D eigenvalue weighted by Gasteiger charge is -2.37. The number of halogens is 1. The van der Waals surface area contributed by atoms with E-state index in [9.17, 15) is 0 Å². The van der Waals surface area contributed by atoms with E-state index >= 15 is 0 Å². The first-order valence-corrected chi connectivity index (χ1v) is 11.7. The van der Waals surface area contributed by atoms with Crippen LogP contribution in [0.4, 0.5) is 11.8 Å². The van der Waals surface area contributed by atoms with Gasteiger partial charge in [-0.3, -0.25) is 0 Å². The zero-order chi connectivity index (χ0) is 22.1. The maximum Gasteiger partial charge on any atom is 0.229 e. The van der Waals surface area contributed by atoms with Crippen LogP contribution in [0.25, 0.3) is 22.3 Å². The maximum atomic E-state index is 5.95. The van der Waals surface area contributed by atoms with E-state index in [0.29, 0.717) is 43.9 Å². The molecule has 2 aromatic heterocycles. The van der Waals surface area contributed by atoms with Crippen LogP contribution in [0.5, 0.6) is 0 Å². The van der Waals surface area contributed by atoms with E-state index in [0.717, 1.165) is 41.1 Å². The number of hydrogen-bond acceptors (Lipinski definition) is 7. The molecule has 2 saturated heterocycles. The van der Waals surface area contributed by atoms with Crippen LogP contribution in [-0.2, 0) is 15.4 Å². The smallest absolute Gasteiger partial charge is 0.229 e. The summed E-state index contributed by atoms with van der Waals surface area (Å²) >= 11 is 5.95. The van der Waals surface area contributed by atoms with Crippen molar-refractivity contribution in [1.82, 2.24) is 15.0 Å². The number of aromatic nitrogens is 3. The lowest BCUT2D eigenvalue weighted by atomic mass is 10.1. The predicted molar refractivity (Wildman–Crippen MR) is 128 cm³/mol. The summed E-state index contributed by atoms with van der Waals surface area (Å²) in [6.45, 7) is 8.61. The predicted octanol–water partition coefficient (Wildman–Crippen LogP) is 3.88. The zero-order valence-corrected chi connectivity index (χ0v) is 19.3. The van der Waals surface area contributed by atoms with Crippen LogP contribution in [0.1, 0.15) is 19.4 Å². The van der Waals surface area contributed by atoms with E-state index in [4.69, 9.17) is 36.0 Å². The van der Waals surface area contributed by atoms with Gasteiger partial charge in [0, 0.05) is 24.5 Å². The molecule has 0 aliphatic carbocycles. The summed E-state index contributed by atoms with van der Waals surface area (Å²) < 4.78 is 11.3. The van der Waals surface area contributed by atoms with Gasteiger partial charge >= 0.3 is 0 Å². The first-order chi connectivity index (χ1) is 15.6. The summed E-state index contributed by atoms with van der Waals surface area (Å²) in [7, 11) is 0. The van der Waals surface area contributed by atoms with Gasteiger partial charge in [-0.1, -0.05) is 24.3 Å². The third-order valence-electron chi connectivity index (χ3n) is 6.20. The van der Waals surface area contributed by atoms with Crippen LogP contribution in [0.3, 0.4) is 0 Å². The fourth-order valence-corrected chi connectivity index (χ4v) is 4.50. The van der Waals surface area contributed by atoms with Gasteiger partial charge < -0.3 is 19.3 Å². The number of benzene rings is 1. The summed E-state index contributed by atoms with van der Waals surface area (Å²) in [5.41, 5.74) is 3.73. The van der Waals surface area contributed by atoms with E-state index in [1.807, 2.05) is 18.2 Å². The molecule has 1 unspecified atom stereocenters. The molecule has 8 heteroatoms. The average Bonchev–Trinajstić information content (AvgIpc) is 2.84. The molecule has 0 spiro atoms. The minimum atomic E-state index is 0.211. The van der Waals surface area contributed by atoms with Gasteiger partial charge in [0.25, 0.3) is 0 Å². The molecule has 4 heterocycles. The van der Waals surface area contributed by atoms with Crippen molar-refractivity contribution < 1.29 is 9.47 Å². The molecular weight excluding hydrogens is 426 g/mol. The zero-order valence-electron chi connectivity index (χ0n) is 18.5. The second kappa shape index (κ2) is 9.17. The lowest BCUT2D eigenvalue weighted by molar-refractivity contribution is 0.0973. The molecule has 1 aromatic carbocycles. The quantitative estimate of drug-likeness (QED) is 0.555. The van der Waals surface area contributed by atoms with Crippen LogP contribution < -0.4 is 9.80 Å². The monoisotopic (exact) mass is 453 g/mol. The summed E-state index contributed by atoms with van der Waals surface area (Å²) in [4.78, 5) is 19.5. The Morgan fingerprint density at radius 3 is 2.22 bits per heavy atom. The first kappa shape index (κ1) is 21.4. The number of alkyl halides is 1. The normalized spacial score (nSPS) is 21.8. The van der Waals surface area contributed by atoms with Crippen LogP contribution >= 0.6 is 11.6 Å². The molecule has 168 valence electrons. The van der Waals surface area contributed by atoms with Crippen LogP contribution in [0, 0.1) is 0 Å². The van der Waals surface area contributed by atoms with Gasteiger partial charge in [-0.05, 0) is 31.5 Å². The number of pyridine rings is 1. The molecule has 0 bridgehead atoms. The van der Waals surface area contributed by atoms with Crippen LogP contribution in [-0.4, -0.2) is 66.6 Å². The summed E-state index contributed by atoms with van der Waals surface area (Å²) in [6.07, 6.45) is 0. The standard InChI is InChI=1S/C24H28ClN5O2/c1-16-14-31-11-9-29(16)23-20-7-8-21(19-5-3-18(13-25)4-6-19)26-22(20)27-24(28-23)30-10-12-32-15-17(30)2/h3-8,16-17H,9-15H2,1-2H3/t16-,17?/m0/s1. The van der Waals surface area contributed by atoms with Crippen LogP contribution in [0.15, 0.2) is 36.4 Å². The Morgan fingerprint density at radius 2 is 1.56 bits per heavy atom. The number of morpholine rings is 2. The number of rotatable bonds is 4. The highest BCUT2D eigenvalue weighted by molar-refractivity contribution is 6.17. The Labute approximate surface area is 193 Å². The molecule has 7 nitrogen and oxygen atoms in total. The van der Waals surface area contributed by atoms with Gasteiger partial charge in [0.2, 0.25) is 5.95 Å². The number of nitrogens with zero attached hydrogens (tertiary/aromatic N) is 5. The molecule has 2 aliphatic heterocycles. The fourth-order valence-electron chi connectivity index (χ4n) is 4.32.